The maximum absolute atomic E-state index is 11.7. The second kappa shape index (κ2) is 4.60. The smallest absolute Gasteiger partial charge is 0.289 e. The summed E-state index contributed by atoms with van der Waals surface area (Å²) in [4.78, 5) is 19.4. The number of carbonyl (C=O) groups is 1. The summed E-state index contributed by atoms with van der Waals surface area (Å²) in [5.74, 6) is -0.200. The Hall–Kier alpha value is -2.44. The maximum atomic E-state index is 11.7. The molecule has 7 heteroatoms. The number of hydrogen-bond donors (Lipinski definition) is 3. The number of nitrogens with one attached hydrogen (secondary N) is 2. The van der Waals surface area contributed by atoms with E-state index in [1.54, 1.807) is 12.4 Å². The number of aromatic nitrogens is 4. The van der Waals surface area contributed by atoms with Gasteiger partial charge in [-0.2, -0.15) is 4.98 Å². The lowest BCUT2D eigenvalue weighted by Crippen LogP contribution is -2.27. The second-order valence-corrected chi connectivity index (χ2v) is 3.52. The molecule has 0 aliphatic heterocycles. The summed E-state index contributed by atoms with van der Waals surface area (Å²) >= 11 is 0. The van der Waals surface area contributed by atoms with Crippen LogP contribution in [0.15, 0.2) is 24.5 Å². The van der Waals surface area contributed by atoms with E-state index in [1.807, 2.05) is 19.1 Å². The summed E-state index contributed by atoms with van der Waals surface area (Å²) in [6, 6.07) is 3.52. The van der Waals surface area contributed by atoms with Crippen LogP contribution in [0, 0.1) is 0 Å². The molecule has 0 aliphatic carbocycles. The zero-order chi connectivity index (χ0) is 12.3. The van der Waals surface area contributed by atoms with E-state index in [1.165, 1.54) is 0 Å². The minimum absolute atomic E-state index is 0.0479. The van der Waals surface area contributed by atoms with Gasteiger partial charge in [0, 0.05) is 12.4 Å². The standard InChI is InChI=1S/C10H12N6O/c1-6(7-2-4-12-5-3-7)13-9(17)8-14-10(11)16-15-8/h2-6H,1H3,(H,13,17)(H3,11,14,15,16). The van der Waals surface area contributed by atoms with E-state index < -0.39 is 0 Å². The molecule has 0 spiro atoms. The molecule has 2 rings (SSSR count). The molecule has 1 atom stereocenters. The number of H-pyrrole nitrogens is 1. The summed E-state index contributed by atoms with van der Waals surface area (Å²) in [5, 5.41) is 8.81. The molecular formula is C10H12N6O. The second-order valence-electron chi connectivity index (χ2n) is 3.52. The van der Waals surface area contributed by atoms with Crippen LogP contribution < -0.4 is 11.1 Å². The van der Waals surface area contributed by atoms with E-state index in [-0.39, 0.29) is 23.7 Å². The first-order chi connectivity index (χ1) is 8.16. The SMILES string of the molecule is CC(NC(=O)c1nc(N)n[nH]1)c1ccncc1. The Morgan fingerprint density at radius 3 is 2.76 bits per heavy atom. The van der Waals surface area contributed by atoms with Crippen LogP contribution in [0.2, 0.25) is 0 Å². The van der Waals surface area contributed by atoms with E-state index in [0.717, 1.165) is 5.56 Å². The van der Waals surface area contributed by atoms with Crippen LogP contribution in [-0.4, -0.2) is 26.1 Å². The third-order valence-electron chi connectivity index (χ3n) is 2.27. The number of rotatable bonds is 3. The number of nitrogens with two attached hydrogens (primary N) is 1. The zero-order valence-electron chi connectivity index (χ0n) is 9.21. The quantitative estimate of drug-likeness (QED) is 0.703. The first-order valence-corrected chi connectivity index (χ1v) is 5.05. The Labute approximate surface area is 97.5 Å². The third-order valence-corrected chi connectivity index (χ3v) is 2.27. The van der Waals surface area contributed by atoms with Crippen LogP contribution in [0.4, 0.5) is 5.95 Å². The highest BCUT2D eigenvalue weighted by molar-refractivity contribution is 5.90. The number of aromatic amines is 1. The first-order valence-electron chi connectivity index (χ1n) is 5.05. The molecule has 0 aromatic carbocycles. The fourth-order valence-electron chi connectivity index (χ4n) is 1.38. The lowest BCUT2D eigenvalue weighted by molar-refractivity contribution is 0.0930. The summed E-state index contributed by atoms with van der Waals surface area (Å²) in [5.41, 5.74) is 6.28. The Morgan fingerprint density at radius 1 is 1.47 bits per heavy atom. The van der Waals surface area contributed by atoms with Gasteiger partial charge in [0.05, 0.1) is 6.04 Å². The van der Waals surface area contributed by atoms with Gasteiger partial charge in [0.1, 0.15) is 0 Å². The summed E-state index contributed by atoms with van der Waals surface area (Å²) in [7, 11) is 0. The van der Waals surface area contributed by atoms with E-state index >= 15 is 0 Å². The molecule has 0 aliphatic rings. The van der Waals surface area contributed by atoms with Crippen molar-refractivity contribution in [1.82, 2.24) is 25.5 Å². The Kier molecular flexibility index (Phi) is 2.99. The molecule has 17 heavy (non-hydrogen) atoms. The molecule has 0 saturated heterocycles. The third kappa shape index (κ3) is 2.57. The normalized spacial score (nSPS) is 12.1. The Bertz CT molecular complexity index is 509. The van der Waals surface area contributed by atoms with Gasteiger partial charge in [-0.05, 0) is 24.6 Å². The number of amides is 1. The largest absolute Gasteiger partial charge is 0.366 e. The minimum Gasteiger partial charge on any atom is -0.366 e. The summed E-state index contributed by atoms with van der Waals surface area (Å²) in [6.45, 7) is 1.87. The van der Waals surface area contributed by atoms with Crippen molar-refractivity contribution in [2.75, 3.05) is 5.73 Å². The zero-order valence-corrected chi connectivity index (χ0v) is 9.21. The highest BCUT2D eigenvalue weighted by Crippen LogP contribution is 2.10. The van der Waals surface area contributed by atoms with Crippen LogP contribution in [0.25, 0.3) is 0 Å². The summed E-state index contributed by atoms with van der Waals surface area (Å²) in [6.07, 6.45) is 3.34. The van der Waals surface area contributed by atoms with Crippen molar-refractivity contribution in [2.24, 2.45) is 0 Å². The minimum atomic E-state index is -0.349. The Balaban J connectivity index is 2.04. The van der Waals surface area contributed by atoms with Gasteiger partial charge in [0.25, 0.3) is 5.91 Å². The molecule has 2 aromatic heterocycles. The van der Waals surface area contributed by atoms with Crippen molar-refractivity contribution in [3.8, 4) is 0 Å². The van der Waals surface area contributed by atoms with E-state index in [2.05, 4.69) is 25.5 Å². The van der Waals surface area contributed by atoms with Gasteiger partial charge >= 0.3 is 0 Å². The van der Waals surface area contributed by atoms with Crippen LogP contribution in [0.1, 0.15) is 29.1 Å². The highest BCUT2D eigenvalue weighted by atomic mass is 16.2. The molecule has 1 unspecified atom stereocenters. The van der Waals surface area contributed by atoms with Gasteiger partial charge in [-0.3, -0.25) is 14.9 Å². The van der Waals surface area contributed by atoms with Gasteiger partial charge in [-0.15, -0.1) is 5.10 Å². The number of carbonyl (C=O) groups excluding carboxylic acids is 1. The van der Waals surface area contributed by atoms with Crippen molar-refractivity contribution in [2.45, 2.75) is 13.0 Å². The predicted molar refractivity (Wildman–Crippen MR) is 60.9 cm³/mol. The number of anilines is 1. The molecule has 2 aromatic rings. The maximum Gasteiger partial charge on any atom is 0.289 e. The number of hydrogen-bond acceptors (Lipinski definition) is 5. The van der Waals surface area contributed by atoms with Crippen LogP contribution in [0.5, 0.6) is 0 Å². The van der Waals surface area contributed by atoms with Gasteiger partial charge in [-0.25, -0.2) is 0 Å². The van der Waals surface area contributed by atoms with Gasteiger partial charge < -0.3 is 11.1 Å². The molecule has 0 fully saturated rings. The van der Waals surface area contributed by atoms with Crippen molar-refractivity contribution in [1.29, 1.82) is 0 Å². The lowest BCUT2D eigenvalue weighted by Gasteiger charge is -2.12. The van der Waals surface area contributed by atoms with Crippen LogP contribution in [0.3, 0.4) is 0 Å². The van der Waals surface area contributed by atoms with E-state index in [9.17, 15) is 4.79 Å². The average molecular weight is 232 g/mol. The van der Waals surface area contributed by atoms with E-state index in [0.29, 0.717) is 0 Å². The number of nitrogen functional groups attached to an aromatic ring is 1. The average Bonchev–Trinajstić information content (AvgIpc) is 2.77. The fourth-order valence-corrected chi connectivity index (χ4v) is 1.38. The molecule has 7 nitrogen and oxygen atoms in total. The molecular weight excluding hydrogens is 220 g/mol. The van der Waals surface area contributed by atoms with Crippen molar-refractivity contribution in [3.05, 3.63) is 35.9 Å². The molecule has 1 amide bonds. The number of pyridine rings is 1. The van der Waals surface area contributed by atoms with Crippen molar-refractivity contribution in [3.63, 3.8) is 0 Å². The lowest BCUT2D eigenvalue weighted by atomic mass is 10.1. The molecule has 4 N–H and O–H groups in total. The number of nitrogens with zero attached hydrogens (tertiary/aromatic N) is 3. The van der Waals surface area contributed by atoms with Gasteiger partial charge in [0.15, 0.2) is 0 Å². The summed E-state index contributed by atoms with van der Waals surface area (Å²) < 4.78 is 0. The van der Waals surface area contributed by atoms with Crippen molar-refractivity contribution >= 4 is 11.9 Å². The molecule has 0 bridgehead atoms. The molecule has 0 saturated carbocycles. The molecule has 0 radical (unpaired) electrons. The van der Waals surface area contributed by atoms with Crippen molar-refractivity contribution < 1.29 is 4.79 Å². The first kappa shape index (κ1) is 11.1. The molecule has 88 valence electrons. The monoisotopic (exact) mass is 232 g/mol. The fraction of sp³-hybridized carbons (Fsp3) is 0.200. The molecule has 2 heterocycles. The van der Waals surface area contributed by atoms with E-state index in [4.69, 9.17) is 5.73 Å². The van der Waals surface area contributed by atoms with Gasteiger partial charge in [0.2, 0.25) is 11.8 Å². The highest BCUT2D eigenvalue weighted by Gasteiger charge is 2.14. The topological polar surface area (TPSA) is 110 Å². The Morgan fingerprint density at radius 2 is 2.18 bits per heavy atom. The predicted octanol–water partition coefficient (Wildman–Crippen LogP) is 0.273. The van der Waals surface area contributed by atoms with Crippen LogP contribution >= 0.6 is 0 Å². The van der Waals surface area contributed by atoms with Crippen LogP contribution in [-0.2, 0) is 0 Å². The van der Waals surface area contributed by atoms with Gasteiger partial charge in [-0.1, -0.05) is 0 Å².